The van der Waals surface area contributed by atoms with Crippen molar-refractivity contribution in [3.63, 3.8) is 0 Å². The first-order valence-electron chi connectivity index (χ1n) is 6.25. The van der Waals surface area contributed by atoms with Crippen molar-refractivity contribution >= 4 is 11.5 Å². The van der Waals surface area contributed by atoms with Gasteiger partial charge in [-0.25, -0.2) is 0 Å². The van der Waals surface area contributed by atoms with Gasteiger partial charge in [0.25, 0.3) is 5.69 Å². The number of para-hydroxylation sites is 1. The molecule has 2 aliphatic rings. The van der Waals surface area contributed by atoms with Crippen molar-refractivity contribution in [1.82, 2.24) is 0 Å². The Labute approximate surface area is 113 Å². The molecule has 0 spiro atoms. The molecule has 0 aromatic heterocycles. The summed E-state index contributed by atoms with van der Waals surface area (Å²) in [5.74, 6) is 0.0839. The van der Waals surface area contributed by atoms with E-state index < -0.39 is 16.9 Å². The Morgan fingerprint density at radius 3 is 2.70 bits per heavy atom. The third kappa shape index (κ3) is 1.24. The lowest BCUT2D eigenvalue weighted by Crippen LogP contribution is -2.08. The largest absolute Gasteiger partial charge is 0.484 e. The molecule has 5 nitrogen and oxygen atoms in total. The summed E-state index contributed by atoms with van der Waals surface area (Å²) >= 11 is 0. The number of nitrogens with zero attached hydrogens (tertiary/aromatic N) is 1. The number of Topliss-reactive ketones (excluding diaryl/α,β-unsaturated/α-hetero) is 1. The summed E-state index contributed by atoms with van der Waals surface area (Å²) in [6.45, 7) is 0. The van der Waals surface area contributed by atoms with Crippen LogP contribution in [0.1, 0.15) is 33.5 Å². The number of rotatable bonds is 1. The lowest BCUT2D eigenvalue weighted by atomic mass is 9.95. The second-order valence-electron chi connectivity index (χ2n) is 4.91. The molecule has 0 N–H and O–H groups in total. The van der Waals surface area contributed by atoms with E-state index in [1.807, 2.05) is 18.2 Å². The number of hydrogen-bond acceptors (Lipinski definition) is 4. The van der Waals surface area contributed by atoms with E-state index in [2.05, 4.69) is 0 Å². The highest BCUT2D eigenvalue weighted by Crippen LogP contribution is 2.54. The van der Waals surface area contributed by atoms with Crippen LogP contribution < -0.4 is 4.74 Å². The van der Waals surface area contributed by atoms with Crippen molar-refractivity contribution in [2.45, 2.75) is 12.0 Å². The van der Waals surface area contributed by atoms with Gasteiger partial charge in [0, 0.05) is 17.2 Å². The number of nitro benzene ring substituents is 1. The number of ether oxygens (including phenoxy) is 1. The van der Waals surface area contributed by atoms with Crippen LogP contribution in [0.2, 0.25) is 0 Å². The molecule has 5 heteroatoms. The normalized spacial score (nSPS) is 21.9. The third-order valence-corrected chi connectivity index (χ3v) is 3.92. The van der Waals surface area contributed by atoms with Gasteiger partial charge >= 0.3 is 0 Å². The van der Waals surface area contributed by atoms with Crippen LogP contribution in [0.4, 0.5) is 5.69 Å². The van der Waals surface area contributed by atoms with Crippen molar-refractivity contribution in [1.29, 1.82) is 0 Å². The quantitative estimate of drug-likeness (QED) is 0.588. The summed E-state index contributed by atoms with van der Waals surface area (Å²) in [6, 6.07) is 11.9. The van der Waals surface area contributed by atoms with Crippen molar-refractivity contribution in [2.75, 3.05) is 0 Å². The van der Waals surface area contributed by atoms with Gasteiger partial charge < -0.3 is 4.74 Å². The second kappa shape index (κ2) is 3.66. The average molecular weight is 267 g/mol. The predicted octanol–water partition coefficient (Wildman–Crippen LogP) is 3.01. The standard InChI is InChI=1S/C15H9NO4/c17-14-9-5-3-6-10(16(18)19)12(9)15-13(14)8-4-1-2-7-11(8)20-15/h1-7,13,15H. The molecular weight excluding hydrogens is 258 g/mol. The summed E-state index contributed by atoms with van der Waals surface area (Å²) in [5.41, 5.74) is 1.58. The fourth-order valence-electron chi connectivity index (χ4n) is 3.11. The molecule has 2 unspecified atom stereocenters. The van der Waals surface area contributed by atoms with E-state index in [9.17, 15) is 14.9 Å². The van der Waals surface area contributed by atoms with E-state index >= 15 is 0 Å². The van der Waals surface area contributed by atoms with Gasteiger partial charge in [0.1, 0.15) is 11.9 Å². The topological polar surface area (TPSA) is 69.4 Å². The zero-order valence-corrected chi connectivity index (χ0v) is 10.3. The van der Waals surface area contributed by atoms with E-state index in [1.54, 1.807) is 18.2 Å². The van der Waals surface area contributed by atoms with Crippen LogP contribution in [0, 0.1) is 10.1 Å². The predicted molar refractivity (Wildman–Crippen MR) is 70.0 cm³/mol. The second-order valence-corrected chi connectivity index (χ2v) is 4.91. The van der Waals surface area contributed by atoms with Crippen LogP contribution in [0.25, 0.3) is 0 Å². The molecule has 0 saturated heterocycles. The first-order chi connectivity index (χ1) is 9.68. The van der Waals surface area contributed by atoms with Crippen molar-refractivity contribution in [3.05, 3.63) is 69.3 Å². The highest BCUT2D eigenvalue weighted by Gasteiger charge is 2.50. The molecule has 0 fully saturated rings. The van der Waals surface area contributed by atoms with Crippen LogP contribution in [0.15, 0.2) is 42.5 Å². The van der Waals surface area contributed by atoms with E-state index in [0.717, 1.165) is 5.56 Å². The molecule has 98 valence electrons. The molecule has 0 bridgehead atoms. The highest BCUT2D eigenvalue weighted by molar-refractivity contribution is 6.08. The molecule has 20 heavy (non-hydrogen) atoms. The fraction of sp³-hybridized carbons (Fsp3) is 0.133. The smallest absolute Gasteiger partial charge is 0.277 e. The first kappa shape index (κ1) is 11.2. The minimum atomic E-state index is -0.573. The van der Waals surface area contributed by atoms with Crippen LogP contribution >= 0.6 is 0 Å². The molecule has 2 atom stereocenters. The van der Waals surface area contributed by atoms with Gasteiger partial charge in [-0.1, -0.05) is 30.3 Å². The Balaban J connectivity index is 1.95. The zero-order chi connectivity index (χ0) is 13.9. The minimum absolute atomic E-state index is 0.0452. The third-order valence-electron chi connectivity index (χ3n) is 3.92. The minimum Gasteiger partial charge on any atom is -0.484 e. The lowest BCUT2D eigenvalue weighted by molar-refractivity contribution is -0.386. The Hall–Kier alpha value is -2.69. The Morgan fingerprint density at radius 1 is 1.10 bits per heavy atom. The number of carbonyl (C=O) groups is 1. The SMILES string of the molecule is O=C1c2cccc([N+](=O)[O-])c2C2Oc3ccccc3C12. The Kier molecular flexibility index (Phi) is 2.04. The number of nitro groups is 1. The molecule has 0 amide bonds. The first-order valence-corrected chi connectivity index (χ1v) is 6.25. The maximum Gasteiger partial charge on any atom is 0.277 e. The summed E-state index contributed by atoms with van der Waals surface area (Å²) < 4.78 is 5.79. The summed E-state index contributed by atoms with van der Waals surface area (Å²) in [7, 11) is 0. The van der Waals surface area contributed by atoms with Crippen LogP contribution in [-0.2, 0) is 0 Å². The van der Waals surface area contributed by atoms with Crippen LogP contribution in [0.3, 0.4) is 0 Å². The molecule has 2 aromatic carbocycles. The molecule has 0 radical (unpaired) electrons. The lowest BCUT2D eigenvalue weighted by Gasteiger charge is -2.09. The molecule has 4 rings (SSSR count). The molecule has 1 aliphatic heterocycles. The van der Waals surface area contributed by atoms with Crippen molar-refractivity contribution in [2.24, 2.45) is 0 Å². The van der Waals surface area contributed by atoms with Crippen molar-refractivity contribution in [3.8, 4) is 5.75 Å². The van der Waals surface area contributed by atoms with Gasteiger partial charge in [-0.3, -0.25) is 14.9 Å². The van der Waals surface area contributed by atoms with Gasteiger partial charge in [-0.2, -0.15) is 0 Å². The fourth-order valence-corrected chi connectivity index (χ4v) is 3.11. The van der Waals surface area contributed by atoms with Gasteiger partial charge in [0.2, 0.25) is 0 Å². The van der Waals surface area contributed by atoms with E-state index in [4.69, 9.17) is 4.74 Å². The number of ketones is 1. The number of fused-ring (bicyclic) bond motifs is 5. The average Bonchev–Trinajstić information content (AvgIpc) is 2.96. The molecule has 0 saturated carbocycles. The van der Waals surface area contributed by atoms with E-state index in [-0.39, 0.29) is 11.5 Å². The molecule has 2 aromatic rings. The number of hydrogen-bond donors (Lipinski definition) is 0. The summed E-state index contributed by atoms with van der Waals surface area (Å²) in [4.78, 5) is 23.2. The molecule has 1 aliphatic carbocycles. The Morgan fingerprint density at radius 2 is 1.90 bits per heavy atom. The molecule has 1 heterocycles. The summed E-state index contributed by atoms with van der Waals surface area (Å²) in [6.07, 6.45) is -0.573. The Bertz CT molecular complexity index is 768. The number of benzene rings is 2. The maximum absolute atomic E-state index is 12.5. The van der Waals surface area contributed by atoms with Gasteiger partial charge in [0.15, 0.2) is 5.78 Å². The highest BCUT2D eigenvalue weighted by atomic mass is 16.6. The van der Waals surface area contributed by atoms with Crippen molar-refractivity contribution < 1.29 is 14.5 Å². The van der Waals surface area contributed by atoms with Gasteiger partial charge in [-0.15, -0.1) is 0 Å². The molecular formula is C15H9NO4. The monoisotopic (exact) mass is 267 g/mol. The van der Waals surface area contributed by atoms with Gasteiger partial charge in [0.05, 0.1) is 16.4 Å². The van der Waals surface area contributed by atoms with Crippen LogP contribution in [-0.4, -0.2) is 10.7 Å². The zero-order valence-electron chi connectivity index (χ0n) is 10.3. The summed E-state index contributed by atoms with van der Waals surface area (Å²) in [5, 5.41) is 11.2. The van der Waals surface area contributed by atoms with E-state index in [1.165, 1.54) is 6.07 Å². The number of carbonyl (C=O) groups excluding carboxylic acids is 1. The van der Waals surface area contributed by atoms with E-state index in [0.29, 0.717) is 16.9 Å². The van der Waals surface area contributed by atoms with Gasteiger partial charge in [-0.05, 0) is 6.07 Å². The van der Waals surface area contributed by atoms with Crippen LogP contribution in [0.5, 0.6) is 5.75 Å². The maximum atomic E-state index is 12.5.